The molecule has 1 atom stereocenters. The zero-order valence-corrected chi connectivity index (χ0v) is 13.5. The van der Waals surface area contributed by atoms with Gasteiger partial charge in [-0.15, -0.1) is 0 Å². The van der Waals surface area contributed by atoms with E-state index in [1.165, 1.54) is 38.2 Å². The van der Waals surface area contributed by atoms with Crippen LogP contribution in [0.1, 0.15) is 45.4 Å². The highest BCUT2D eigenvalue weighted by atomic mass is 15.2. The Morgan fingerprint density at radius 3 is 2.55 bits per heavy atom. The van der Waals surface area contributed by atoms with Crippen molar-refractivity contribution in [3.8, 4) is 0 Å². The molecule has 0 radical (unpaired) electrons. The van der Waals surface area contributed by atoms with Gasteiger partial charge in [-0.1, -0.05) is 6.42 Å². The van der Waals surface area contributed by atoms with E-state index >= 15 is 0 Å². The Kier molecular flexibility index (Phi) is 5.22. The first-order valence-electron chi connectivity index (χ1n) is 7.94. The third kappa shape index (κ3) is 3.41. The van der Waals surface area contributed by atoms with E-state index in [1.54, 1.807) is 0 Å². The molecule has 1 aliphatic heterocycles. The maximum absolute atomic E-state index is 4.44. The van der Waals surface area contributed by atoms with Gasteiger partial charge in [-0.05, 0) is 53.2 Å². The van der Waals surface area contributed by atoms with E-state index < -0.39 is 0 Å². The van der Waals surface area contributed by atoms with Crippen molar-refractivity contribution in [1.82, 2.24) is 19.8 Å². The number of nitrogens with zero attached hydrogens (tertiary/aromatic N) is 3. The fourth-order valence-electron chi connectivity index (χ4n) is 3.45. The smallest absolute Gasteiger partial charge is 0.108 e. The molecule has 4 heteroatoms. The SMILES string of the molecule is CNC(CCc1nccn1C)C(C)(C)N1CCCCC1. The minimum absolute atomic E-state index is 0.209. The molecule has 0 aromatic carbocycles. The normalized spacial score (nSPS) is 19.2. The van der Waals surface area contributed by atoms with Gasteiger partial charge in [-0.3, -0.25) is 4.90 Å². The Labute approximate surface area is 123 Å². The molecule has 0 aliphatic carbocycles. The number of aryl methyl sites for hydroxylation is 2. The predicted molar refractivity (Wildman–Crippen MR) is 83.9 cm³/mol. The molecule has 114 valence electrons. The summed E-state index contributed by atoms with van der Waals surface area (Å²) < 4.78 is 2.13. The molecule has 20 heavy (non-hydrogen) atoms. The monoisotopic (exact) mass is 278 g/mol. The van der Waals surface area contributed by atoms with Gasteiger partial charge >= 0.3 is 0 Å². The lowest BCUT2D eigenvalue weighted by atomic mass is 9.87. The number of aromatic nitrogens is 2. The van der Waals surface area contributed by atoms with Crippen molar-refractivity contribution < 1.29 is 0 Å². The van der Waals surface area contributed by atoms with Crippen LogP contribution in [-0.4, -0.2) is 46.2 Å². The number of rotatable bonds is 6. The second-order valence-corrected chi connectivity index (χ2v) is 6.54. The van der Waals surface area contributed by atoms with Crippen LogP contribution in [0.3, 0.4) is 0 Å². The number of piperidine rings is 1. The molecule has 2 rings (SSSR count). The number of hydrogen-bond donors (Lipinski definition) is 1. The van der Waals surface area contributed by atoms with Gasteiger partial charge in [0.15, 0.2) is 0 Å². The summed E-state index contributed by atoms with van der Waals surface area (Å²) in [6.45, 7) is 7.26. The fraction of sp³-hybridized carbons (Fsp3) is 0.812. The Morgan fingerprint density at radius 2 is 2.00 bits per heavy atom. The zero-order chi connectivity index (χ0) is 14.6. The largest absolute Gasteiger partial charge is 0.338 e. The van der Waals surface area contributed by atoms with Gasteiger partial charge in [0.1, 0.15) is 5.82 Å². The van der Waals surface area contributed by atoms with E-state index in [-0.39, 0.29) is 5.54 Å². The summed E-state index contributed by atoms with van der Waals surface area (Å²) in [6.07, 6.45) is 10.2. The van der Waals surface area contributed by atoms with Crippen LogP contribution in [0.15, 0.2) is 12.4 Å². The molecule has 1 N–H and O–H groups in total. The minimum Gasteiger partial charge on any atom is -0.338 e. The fourth-order valence-corrected chi connectivity index (χ4v) is 3.45. The molecule has 1 aromatic heterocycles. The van der Waals surface area contributed by atoms with Gasteiger partial charge in [0.05, 0.1) is 0 Å². The van der Waals surface area contributed by atoms with E-state index in [9.17, 15) is 0 Å². The van der Waals surface area contributed by atoms with Crippen LogP contribution in [0.5, 0.6) is 0 Å². The van der Waals surface area contributed by atoms with Gasteiger partial charge < -0.3 is 9.88 Å². The molecule has 1 saturated heterocycles. The molecule has 0 bridgehead atoms. The Balaban J connectivity index is 1.97. The molecule has 1 aromatic rings. The second-order valence-electron chi connectivity index (χ2n) is 6.54. The summed E-state index contributed by atoms with van der Waals surface area (Å²) >= 11 is 0. The van der Waals surface area contributed by atoms with Gasteiger partial charge in [-0.2, -0.15) is 0 Å². The van der Waals surface area contributed by atoms with Gasteiger partial charge in [0, 0.05) is 37.4 Å². The summed E-state index contributed by atoms with van der Waals surface area (Å²) in [7, 11) is 4.17. The first-order valence-corrected chi connectivity index (χ1v) is 7.94. The predicted octanol–water partition coefficient (Wildman–Crippen LogP) is 2.21. The third-order valence-electron chi connectivity index (χ3n) is 4.95. The Bertz CT molecular complexity index is 404. The molecular formula is C16H30N4. The summed E-state index contributed by atoms with van der Waals surface area (Å²) in [4.78, 5) is 7.10. The lowest BCUT2D eigenvalue weighted by Gasteiger charge is -2.46. The van der Waals surface area contributed by atoms with Crippen LogP contribution in [0.4, 0.5) is 0 Å². The number of likely N-dealkylation sites (tertiary alicyclic amines) is 1. The lowest BCUT2D eigenvalue weighted by Crippen LogP contribution is -2.58. The average Bonchev–Trinajstić information content (AvgIpc) is 2.86. The van der Waals surface area contributed by atoms with Crippen LogP contribution in [0, 0.1) is 0 Å². The van der Waals surface area contributed by atoms with Crippen LogP contribution < -0.4 is 5.32 Å². The van der Waals surface area contributed by atoms with Crippen molar-refractivity contribution in [2.45, 2.75) is 57.5 Å². The van der Waals surface area contributed by atoms with E-state index in [2.05, 4.69) is 47.7 Å². The third-order valence-corrected chi connectivity index (χ3v) is 4.95. The number of nitrogens with one attached hydrogen (secondary N) is 1. The highest BCUT2D eigenvalue weighted by Gasteiger charge is 2.34. The second kappa shape index (κ2) is 6.72. The Hall–Kier alpha value is -0.870. The molecule has 0 saturated carbocycles. The van der Waals surface area contributed by atoms with Crippen molar-refractivity contribution in [2.24, 2.45) is 7.05 Å². The van der Waals surface area contributed by atoms with Crippen LogP contribution in [0.25, 0.3) is 0 Å². The van der Waals surface area contributed by atoms with E-state index in [0.717, 1.165) is 12.8 Å². The van der Waals surface area contributed by atoms with E-state index in [1.807, 2.05) is 12.4 Å². The molecular weight excluding hydrogens is 248 g/mol. The molecule has 1 unspecified atom stereocenters. The van der Waals surface area contributed by atoms with Crippen molar-refractivity contribution in [3.63, 3.8) is 0 Å². The standard InChI is InChI=1S/C16H30N4/c1-16(2,20-11-6-5-7-12-20)14(17-3)8-9-15-18-10-13-19(15)4/h10,13-14,17H,5-9,11-12H2,1-4H3. The molecule has 1 fully saturated rings. The average molecular weight is 278 g/mol. The summed E-state index contributed by atoms with van der Waals surface area (Å²) in [6, 6.07) is 0.498. The number of hydrogen-bond acceptors (Lipinski definition) is 3. The maximum Gasteiger partial charge on any atom is 0.108 e. The number of imidazole rings is 1. The van der Waals surface area contributed by atoms with E-state index in [0.29, 0.717) is 6.04 Å². The molecule has 2 heterocycles. The van der Waals surface area contributed by atoms with Crippen molar-refractivity contribution in [2.75, 3.05) is 20.1 Å². The molecule has 4 nitrogen and oxygen atoms in total. The van der Waals surface area contributed by atoms with Crippen LogP contribution in [-0.2, 0) is 13.5 Å². The first-order chi connectivity index (χ1) is 9.55. The maximum atomic E-state index is 4.44. The quantitative estimate of drug-likeness (QED) is 0.866. The lowest BCUT2D eigenvalue weighted by molar-refractivity contribution is 0.0606. The molecule has 0 amide bonds. The highest BCUT2D eigenvalue weighted by molar-refractivity contribution is 4.98. The minimum atomic E-state index is 0.209. The zero-order valence-electron chi connectivity index (χ0n) is 13.5. The van der Waals surface area contributed by atoms with Crippen molar-refractivity contribution in [1.29, 1.82) is 0 Å². The van der Waals surface area contributed by atoms with Crippen molar-refractivity contribution >= 4 is 0 Å². The van der Waals surface area contributed by atoms with E-state index in [4.69, 9.17) is 0 Å². The number of likely N-dealkylation sites (N-methyl/N-ethyl adjacent to an activating group) is 1. The summed E-state index contributed by atoms with van der Waals surface area (Å²) in [5.74, 6) is 1.18. The summed E-state index contributed by atoms with van der Waals surface area (Å²) in [5.41, 5.74) is 0.209. The van der Waals surface area contributed by atoms with Gasteiger partial charge in [0.25, 0.3) is 0 Å². The first kappa shape index (κ1) is 15.5. The van der Waals surface area contributed by atoms with Gasteiger partial charge in [0.2, 0.25) is 0 Å². The Morgan fingerprint density at radius 1 is 1.30 bits per heavy atom. The topological polar surface area (TPSA) is 33.1 Å². The van der Waals surface area contributed by atoms with Crippen LogP contribution >= 0.6 is 0 Å². The molecule has 0 spiro atoms. The van der Waals surface area contributed by atoms with Crippen molar-refractivity contribution in [3.05, 3.63) is 18.2 Å². The molecule has 1 aliphatic rings. The summed E-state index contributed by atoms with van der Waals surface area (Å²) in [5, 5.41) is 3.54. The highest BCUT2D eigenvalue weighted by Crippen LogP contribution is 2.26. The van der Waals surface area contributed by atoms with Crippen LogP contribution in [0.2, 0.25) is 0 Å². The van der Waals surface area contributed by atoms with Gasteiger partial charge in [-0.25, -0.2) is 4.98 Å².